The van der Waals surface area contributed by atoms with E-state index in [9.17, 15) is 0 Å². The van der Waals surface area contributed by atoms with Crippen molar-refractivity contribution in [3.05, 3.63) is 17.7 Å². The summed E-state index contributed by atoms with van der Waals surface area (Å²) in [6.07, 6.45) is 7.48. The molecule has 0 radical (unpaired) electrons. The van der Waals surface area contributed by atoms with E-state index in [-0.39, 0.29) is 0 Å². The molecule has 4 atom stereocenters. The average Bonchev–Trinajstić information content (AvgIpc) is 3.16. The van der Waals surface area contributed by atoms with E-state index in [1.165, 1.54) is 37.2 Å². The lowest BCUT2D eigenvalue weighted by Crippen LogP contribution is -2.59. The van der Waals surface area contributed by atoms with Crippen LogP contribution in [0, 0.1) is 23.2 Å². The SMILES string of the molecule is C[C@@H]1[C@H]2C[C@@H](C[C@H]1NCc1cnc(C3CC3)[nH]1)C2(C)C. The summed E-state index contributed by atoms with van der Waals surface area (Å²) in [4.78, 5) is 8.01. The van der Waals surface area contributed by atoms with Gasteiger partial charge in [-0.05, 0) is 48.9 Å². The average molecular weight is 273 g/mol. The maximum Gasteiger partial charge on any atom is 0.109 e. The molecule has 110 valence electrons. The Morgan fingerprint density at radius 1 is 1.35 bits per heavy atom. The van der Waals surface area contributed by atoms with Crippen LogP contribution in [0.3, 0.4) is 0 Å². The maximum atomic E-state index is 4.51. The summed E-state index contributed by atoms with van der Waals surface area (Å²) in [5.74, 6) is 4.60. The van der Waals surface area contributed by atoms with Crippen molar-refractivity contribution in [1.29, 1.82) is 0 Å². The van der Waals surface area contributed by atoms with Crippen LogP contribution in [-0.2, 0) is 6.54 Å². The molecule has 4 saturated carbocycles. The van der Waals surface area contributed by atoms with Gasteiger partial charge in [-0.3, -0.25) is 0 Å². The van der Waals surface area contributed by atoms with Gasteiger partial charge in [-0.25, -0.2) is 4.98 Å². The van der Waals surface area contributed by atoms with E-state index in [0.717, 1.165) is 30.2 Å². The lowest BCUT2D eigenvalue weighted by atomic mass is 9.45. The lowest BCUT2D eigenvalue weighted by molar-refractivity contribution is -0.115. The van der Waals surface area contributed by atoms with Crippen molar-refractivity contribution in [2.24, 2.45) is 23.2 Å². The number of nitrogens with one attached hydrogen (secondary N) is 2. The van der Waals surface area contributed by atoms with Gasteiger partial charge in [0.25, 0.3) is 0 Å². The summed E-state index contributed by atoms with van der Waals surface area (Å²) in [6, 6.07) is 0.694. The molecule has 4 aliphatic rings. The van der Waals surface area contributed by atoms with Crippen molar-refractivity contribution in [2.45, 2.75) is 65.0 Å². The van der Waals surface area contributed by atoms with Gasteiger partial charge in [0.05, 0.1) is 0 Å². The second kappa shape index (κ2) is 4.33. The van der Waals surface area contributed by atoms with Crippen LogP contribution in [-0.4, -0.2) is 16.0 Å². The quantitative estimate of drug-likeness (QED) is 0.882. The minimum atomic E-state index is 0.588. The summed E-state index contributed by atoms with van der Waals surface area (Å²) in [7, 11) is 0. The number of hydrogen-bond acceptors (Lipinski definition) is 2. The van der Waals surface area contributed by atoms with Gasteiger partial charge in [-0.2, -0.15) is 0 Å². The molecule has 0 aliphatic heterocycles. The predicted octanol–water partition coefficient (Wildman–Crippen LogP) is 3.45. The smallest absolute Gasteiger partial charge is 0.109 e. The van der Waals surface area contributed by atoms with Crippen LogP contribution in [0.25, 0.3) is 0 Å². The number of imidazole rings is 1. The van der Waals surface area contributed by atoms with E-state index < -0.39 is 0 Å². The second-order valence-electron chi connectivity index (χ2n) is 8.01. The molecule has 3 nitrogen and oxygen atoms in total. The van der Waals surface area contributed by atoms with Crippen molar-refractivity contribution < 1.29 is 0 Å². The number of fused-ring (bicyclic) bond motifs is 2. The Labute approximate surface area is 122 Å². The molecule has 2 N–H and O–H groups in total. The Kier molecular flexibility index (Phi) is 2.79. The third kappa shape index (κ3) is 1.93. The molecule has 5 rings (SSSR count). The molecule has 2 bridgehead atoms. The van der Waals surface area contributed by atoms with Gasteiger partial charge in [0, 0.05) is 30.4 Å². The molecule has 4 aliphatic carbocycles. The molecule has 0 amide bonds. The Morgan fingerprint density at radius 3 is 2.80 bits per heavy atom. The summed E-state index contributed by atoms with van der Waals surface area (Å²) in [5.41, 5.74) is 1.85. The van der Waals surface area contributed by atoms with Crippen LogP contribution in [0.2, 0.25) is 0 Å². The molecular formula is C17H27N3. The topological polar surface area (TPSA) is 40.7 Å². The number of hydrogen-bond donors (Lipinski definition) is 2. The van der Waals surface area contributed by atoms with E-state index in [1.807, 2.05) is 6.20 Å². The van der Waals surface area contributed by atoms with Crippen LogP contribution in [0.15, 0.2) is 6.20 Å². The van der Waals surface area contributed by atoms with E-state index in [4.69, 9.17) is 0 Å². The molecule has 3 heteroatoms. The highest BCUT2D eigenvalue weighted by Gasteiger charge is 2.55. The minimum absolute atomic E-state index is 0.588. The highest BCUT2D eigenvalue weighted by Crippen LogP contribution is 2.61. The van der Waals surface area contributed by atoms with Gasteiger partial charge in [-0.1, -0.05) is 20.8 Å². The zero-order chi connectivity index (χ0) is 13.9. The fourth-order valence-electron chi connectivity index (χ4n) is 4.69. The van der Waals surface area contributed by atoms with E-state index in [1.54, 1.807) is 0 Å². The standard InChI is InChI=1S/C17H27N3/c1-10-14-6-12(17(14,2)3)7-15(10)18-8-13-9-19-16(20-13)11-4-5-11/h9-12,14-15,18H,4-8H2,1-3H3,(H,19,20)/t10-,12+,14-,15-/m1/s1. The van der Waals surface area contributed by atoms with Gasteiger partial charge >= 0.3 is 0 Å². The fourth-order valence-corrected chi connectivity index (χ4v) is 4.69. The molecule has 4 fully saturated rings. The van der Waals surface area contributed by atoms with Crippen LogP contribution < -0.4 is 5.32 Å². The lowest BCUT2D eigenvalue weighted by Gasteiger charge is -2.62. The molecule has 1 aromatic heterocycles. The first-order valence-corrected chi connectivity index (χ1v) is 8.33. The van der Waals surface area contributed by atoms with Gasteiger partial charge in [0.2, 0.25) is 0 Å². The van der Waals surface area contributed by atoms with Crippen LogP contribution in [0.5, 0.6) is 0 Å². The highest BCUT2D eigenvalue weighted by atomic mass is 15.0. The number of nitrogens with zero attached hydrogens (tertiary/aromatic N) is 1. The van der Waals surface area contributed by atoms with Crippen LogP contribution >= 0.6 is 0 Å². The molecule has 20 heavy (non-hydrogen) atoms. The third-order valence-electron chi connectivity index (χ3n) is 6.52. The molecule has 0 aromatic carbocycles. The van der Waals surface area contributed by atoms with Crippen molar-refractivity contribution in [2.75, 3.05) is 0 Å². The first kappa shape index (κ1) is 12.9. The second-order valence-corrected chi connectivity index (χ2v) is 8.01. The van der Waals surface area contributed by atoms with E-state index in [2.05, 4.69) is 36.1 Å². The van der Waals surface area contributed by atoms with Crippen molar-refractivity contribution in [3.63, 3.8) is 0 Å². The molecule has 0 spiro atoms. The number of aromatic amines is 1. The Morgan fingerprint density at radius 2 is 2.15 bits per heavy atom. The summed E-state index contributed by atoms with van der Waals surface area (Å²) in [6.45, 7) is 8.33. The van der Waals surface area contributed by atoms with Crippen molar-refractivity contribution >= 4 is 0 Å². The third-order valence-corrected chi connectivity index (χ3v) is 6.52. The van der Waals surface area contributed by atoms with Crippen LogP contribution in [0.4, 0.5) is 0 Å². The summed E-state index contributed by atoms with van der Waals surface area (Å²) < 4.78 is 0. The number of rotatable bonds is 4. The van der Waals surface area contributed by atoms with Gasteiger partial charge in [0.1, 0.15) is 5.82 Å². The Hall–Kier alpha value is -0.830. The zero-order valence-corrected chi connectivity index (χ0v) is 12.9. The monoisotopic (exact) mass is 273 g/mol. The number of H-pyrrole nitrogens is 1. The normalized spacial score (nSPS) is 38.5. The molecule has 0 unspecified atom stereocenters. The summed E-state index contributed by atoms with van der Waals surface area (Å²) in [5, 5.41) is 3.79. The van der Waals surface area contributed by atoms with Gasteiger partial charge in [0.15, 0.2) is 0 Å². The Balaban J connectivity index is 1.35. The molecular weight excluding hydrogens is 246 g/mol. The molecule has 1 heterocycles. The summed E-state index contributed by atoms with van der Waals surface area (Å²) >= 11 is 0. The first-order valence-electron chi connectivity index (χ1n) is 8.33. The zero-order valence-electron chi connectivity index (χ0n) is 12.9. The maximum absolute atomic E-state index is 4.51. The highest BCUT2D eigenvalue weighted by molar-refractivity contribution is 5.11. The van der Waals surface area contributed by atoms with Crippen molar-refractivity contribution in [3.8, 4) is 0 Å². The minimum Gasteiger partial charge on any atom is -0.345 e. The first-order chi connectivity index (χ1) is 9.55. The Bertz CT molecular complexity index is 500. The van der Waals surface area contributed by atoms with E-state index in [0.29, 0.717) is 11.5 Å². The largest absolute Gasteiger partial charge is 0.345 e. The van der Waals surface area contributed by atoms with Gasteiger partial charge < -0.3 is 10.3 Å². The number of aromatic nitrogens is 2. The molecule has 1 aromatic rings. The van der Waals surface area contributed by atoms with Gasteiger partial charge in [-0.15, -0.1) is 0 Å². The van der Waals surface area contributed by atoms with Crippen molar-refractivity contribution in [1.82, 2.24) is 15.3 Å². The predicted molar refractivity (Wildman–Crippen MR) is 80.3 cm³/mol. The fraction of sp³-hybridized carbons (Fsp3) is 0.824. The van der Waals surface area contributed by atoms with E-state index >= 15 is 0 Å². The molecule has 0 saturated heterocycles. The van der Waals surface area contributed by atoms with Crippen LogP contribution in [0.1, 0.15) is 63.9 Å².